The van der Waals surface area contributed by atoms with Crippen LogP contribution < -0.4 is 10.2 Å². The first kappa shape index (κ1) is 15.4. The van der Waals surface area contributed by atoms with E-state index in [-0.39, 0.29) is 5.91 Å². The Hall–Kier alpha value is -2.53. The molecule has 1 aliphatic rings. The van der Waals surface area contributed by atoms with Gasteiger partial charge < -0.3 is 5.32 Å². The average molecular weight is 328 g/mol. The van der Waals surface area contributed by atoms with E-state index in [1.54, 1.807) is 23.4 Å². The van der Waals surface area contributed by atoms with E-state index in [1.165, 1.54) is 11.3 Å². The van der Waals surface area contributed by atoms with Gasteiger partial charge in [-0.1, -0.05) is 6.92 Å². The molecule has 0 aromatic carbocycles. The number of carbonyl (C=O) groups is 1. The molecule has 1 fully saturated rings. The van der Waals surface area contributed by atoms with Gasteiger partial charge in [-0.25, -0.2) is 9.97 Å². The minimum absolute atomic E-state index is 0.180. The molecule has 2 aromatic heterocycles. The van der Waals surface area contributed by atoms with Crippen LogP contribution >= 0.6 is 11.3 Å². The monoisotopic (exact) mass is 328 g/mol. The highest BCUT2D eigenvalue weighted by Gasteiger charge is 2.46. The molecule has 0 radical (unpaired) electrons. The molecule has 0 unspecified atom stereocenters. The molecule has 1 aliphatic heterocycles. The number of nitrogens with one attached hydrogen (secondary N) is 1. The van der Waals surface area contributed by atoms with E-state index in [0.717, 1.165) is 10.0 Å². The number of aromatic nitrogens is 3. The lowest BCUT2D eigenvalue weighted by molar-refractivity contribution is -0.123. The van der Waals surface area contributed by atoms with Crippen LogP contribution in [-0.2, 0) is 4.79 Å². The fraction of sp³-hybridized carbons (Fsp3) is 0.400. The number of nitriles is 1. The van der Waals surface area contributed by atoms with Gasteiger partial charge in [0, 0.05) is 12.7 Å². The Labute approximate surface area is 138 Å². The molecule has 1 atom stereocenters. The predicted octanol–water partition coefficient (Wildman–Crippen LogP) is 2.64. The van der Waals surface area contributed by atoms with Crippen LogP contribution in [0.5, 0.6) is 0 Å². The minimum atomic E-state index is -0.923. The highest BCUT2D eigenvalue weighted by atomic mass is 32.1. The van der Waals surface area contributed by atoms with E-state index in [9.17, 15) is 10.1 Å². The number of hydrogen-bond acceptors (Lipinski definition) is 7. The summed E-state index contributed by atoms with van der Waals surface area (Å²) in [6.07, 6.45) is 4.35. The Bertz CT molecular complexity index is 782. The topological polar surface area (TPSA) is 94.8 Å². The summed E-state index contributed by atoms with van der Waals surface area (Å²) in [4.78, 5) is 26.9. The molecule has 23 heavy (non-hydrogen) atoms. The zero-order chi connectivity index (χ0) is 16.4. The average Bonchev–Trinajstić information content (AvgIpc) is 3.11. The Morgan fingerprint density at radius 2 is 2.35 bits per heavy atom. The van der Waals surface area contributed by atoms with Crippen molar-refractivity contribution in [2.45, 2.75) is 26.7 Å². The fourth-order valence-electron chi connectivity index (χ4n) is 2.59. The third-order valence-corrected chi connectivity index (χ3v) is 4.84. The van der Waals surface area contributed by atoms with Crippen LogP contribution in [0, 0.1) is 23.7 Å². The molecule has 7 nitrogen and oxygen atoms in total. The predicted molar refractivity (Wildman–Crippen MR) is 87.5 cm³/mol. The van der Waals surface area contributed by atoms with Gasteiger partial charge in [0.2, 0.25) is 11.9 Å². The van der Waals surface area contributed by atoms with Gasteiger partial charge in [0.1, 0.15) is 16.2 Å². The van der Waals surface area contributed by atoms with Gasteiger partial charge in [-0.05, 0) is 25.8 Å². The molecular weight excluding hydrogens is 312 g/mol. The molecule has 0 aliphatic carbocycles. The molecule has 118 valence electrons. The lowest BCUT2D eigenvalue weighted by Crippen LogP contribution is -2.33. The lowest BCUT2D eigenvalue weighted by Gasteiger charge is -2.19. The van der Waals surface area contributed by atoms with E-state index in [0.29, 0.717) is 31.2 Å². The number of aryl methyl sites for hydroxylation is 1. The molecule has 3 rings (SSSR count). The van der Waals surface area contributed by atoms with Crippen LogP contribution in [0.4, 0.5) is 16.8 Å². The zero-order valence-corrected chi connectivity index (χ0v) is 13.7. The van der Waals surface area contributed by atoms with Gasteiger partial charge in [-0.15, -0.1) is 11.3 Å². The quantitative estimate of drug-likeness (QED) is 0.927. The van der Waals surface area contributed by atoms with Crippen LogP contribution in [0.25, 0.3) is 0 Å². The maximum atomic E-state index is 12.6. The first-order valence-electron chi connectivity index (χ1n) is 7.34. The van der Waals surface area contributed by atoms with Crippen molar-refractivity contribution in [2.75, 3.05) is 16.8 Å². The summed E-state index contributed by atoms with van der Waals surface area (Å²) in [6.45, 7) is 4.28. The second-order valence-corrected chi connectivity index (χ2v) is 6.60. The van der Waals surface area contributed by atoms with Crippen molar-refractivity contribution >= 4 is 34.0 Å². The summed E-state index contributed by atoms with van der Waals surface area (Å²) in [5.41, 5.74) is -0.923. The van der Waals surface area contributed by atoms with Crippen molar-refractivity contribution in [3.8, 4) is 6.07 Å². The number of rotatable bonds is 4. The molecule has 2 aromatic rings. The van der Waals surface area contributed by atoms with Crippen molar-refractivity contribution in [3.05, 3.63) is 23.5 Å². The zero-order valence-electron chi connectivity index (χ0n) is 12.9. The van der Waals surface area contributed by atoms with Crippen LogP contribution in [0.15, 0.2) is 18.5 Å². The van der Waals surface area contributed by atoms with Gasteiger partial charge >= 0.3 is 0 Å². The third-order valence-electron chi connectivity index (χ3n) is 4.01. The summed E-state index contributed by atoms with van der Waals surface area (Å²) < 4.78 is 0. The van der Waals surface area contributed by atoms with Crippen molar-refractivity contribution in [2.24, 2.45) is 5.41 Å². The minimum Gasteiger partial charge on any atom is -0.314 e. The van der Waals surface area contributed by atoms with E-state index in [2.05, 4.69) is 26.3 Å². The van der Waals surface area contributed by atoms with Gasteiger partial charge in [-0.2, -0.15) is 10.2 Å². The second kappa shape index (κ2) is 5.93. The van der Waals surface area contributed by atoms with E-state index >= 15 is 0 Å². The largest absolute Gasteiger partial charge is 0.314 e. The van der Waals surface area contributed by atoms with Crippen molar-refractivity contribution in [3.63, 3.8) is 0 Å². The second-order valence-electron chi connectivity index (χ2n) is 5.36. The first-order chi connectivity index (χ1) is 11.1. The van der Waals surface area contributed by atoms with Crippen molar-refractivity contribution in [1.29, 1.82) is 5.26 Å². The molecule has 3 heterocycles. The summed E-state index contributed by atoms with van der Waals surface area (Å²) >= 11 is 1.50. The molecule has 0 spiro atoms. The van der Waals surface area contributed by atoms with Crippen LogP contribution in [0.3, 0.4) is 0 Å². The fourth-order valence-corrected chi connectivity index (χ4v) is 3.26. The summed E-state index contributed by atoms with van der Waals surface area (Å²) in [7, 11) is 0. The van der Waals surface area contributed by atoms with Gasteiger partial charge in [0.25, 0.3) is 0 Å². The van der Waals surface area contributed by atoms with E-state index in [1.807, 2.05) is 13.8 Å². The van der Waals surface area contributed by atoms with Crippen LogP contribution in [0.2, 0.25) is 0 Å². The van der Waals surface area contributed by atoms with Crippen LogP contribution in [0.1, 0.15) is 24.8 Å². The smallest absolute Gasteiger partial charge is 0.248 e. The molecule has 0 bridgehead atoms. The Morgan fingerprint density at radius 3 is 2.96 bits per heavy atom. The first-order valence-corrected chi connectivity index (χ1v) is 8.15. The molecule has 1 saturated heterocycles. The third kappa shape index (κ3) is 2.75. The summed E-state index contributed by atoms with van der Waals surface area (Å²) in [6, 6.07) is 3.86. The molecule has 0 saturated carbocycles. The number of hydrogen-bond donors (Lipinski definition) is 1. The molecule has 8 heteroatoms. The molecular formula is C15H16N6OS. The SMILES string of the molecule is CC[C@]1(C#N)CCN(c2ccnc(Nc3cnc(C)s3)n2)C1=O. The van der Waals surface area contributed by atoms with Gasteiger partial charge in [0.15, 0.2) is 0 Å². The van der Waals surface area contributed by atoms with Gasteiger partial charge in [0.05, 0.1) is 17.3 Å². The Balaban J connectivity index is 1.83. The lowest BCUT2D eigenvalue weighted by atomic mass is 9.85. The Morgan fingerprint density at radius 1 is 1.52 bits per heavy atom. The van der Waals surface area contributed by atoms with Crippen molar-refractivity contribution < 1.29 is 4.79 Å². The number of amides is 1. The van der Waals surface area contributed by atoms with Crippen LogP contribution in [-0.4, -0.2) is 27.4 Å². The maximum Gasteiger partial charge on any atom is 0.248 e. The van der Waals surface area contributed by atoms with E-state index < -0.39 is 5.41 Å². The summed E-state index contributed by atoms with van der Waals surface area (Å²) in [5.74, 6) is 0.741. The maximum absolute atomic E-state index is 12.6. The van der Waals surface area contributed by atoms with Crippen molar-refractivity contribution in [1.82, 2.24) is 15.0 Å². The number of nitrogens with zero attached hydrogens (tertiary/aromatic N) is 5. The molecule has 1 amide bonds. The normalized spacial score (nSPS) is 20.6. The van der Waals surface area contributed by atoms with E-state index in [4.69, 9.17) is 0 Å². The standard InChI is InChI=1S/C15H16N6OS/c1-3-15(9-16)5-7-21(13(15)22)11-4-6-17-14(19-11)20-12-8-18-10(2)23-12/h4,6,8H,3,5,7H2,1-2H3,(H,17,19,20)/t15-/m1/s1. The number of carbonyl (C=O) groups excluding carboxylic acids is 1. The highest BCUT2D eigenvalue weighted by molar-refractivity contribution is 7.15. The number of thiazole rings is 1. The highest BCUT2D eigenvalue weighted by Crippen LogP contribution is 2.36. The summed E-state index contributed by atoms with van der Waals surface area (Å²) in [5, 5.41) is 14.2. The Kier molecular flexibility index (Phi) is 3.96. The molecule has 1 N–H and O–H groups in total. The van der Waals surface area contributed by atoms with Gasteiger partial charge in [-0.3, -0.25) is 9.69 Å². The number of anilines is 3.